The Kier molecular flexibility index (Phi) is 7.43. The fraction of sp³-hybridized carbons (Fsp3) is 0.611. The van der Waals surface area contributed by atoms with Crippen molar-refractivity contribution in [2.45, 2.75) is 20.3 Å². The van der Waals surface area contributed by atoms with Crippen LogP contribution in [0.4, 0.5) is 11.4 Å². The molecule has 1 aliphatic rings. The summed E-state index contributed by atoms with van der Waals surface area (Å²) >= 11 is 0. The highest BCUT2D eigenvalue weighted by molar-refractivity contribution is 7.88. The Morgan fingerprint density at radius 1 is 1.27 bits per heavy atom. The maximum atomic E-state index is 12.5. The summed E-state index contributed by atoms with van der Waals surface area (Å²) in [6.45, 7) is 7.04. The molecular formula is C18H29N3O4S. The van der Waals surface area contributed by atoms with Gasteiger partial charge in [0.2, 0.25) is 15.9 Å². The summed E-state index contributed by atoms with van der Waals surface area (Å²) in [6.07, 6.45) is 1.85. The second-order valence-corrected chi connectivity index (χ2v) is 8.93. The summed E-state index contributed by atoms with van der Waals surface area (Å²) in [5.74, 6) is 0.0317. The van der Waals surface area contributed by atoms with E-state index in [0.717, 1.165) is 25.0 Å². The van der Waals surface area contributed by atoms with Crippen molar-refractivity contribution in [1.29, 1.82) is 0 Å². The average molecular weight is 384 g/mol. The van der Waals surface area contributed by atoms with Gasteiger partial charge in [0.1, 0.15) is 0 Å². The lowest BCUT2D eigenvalue weighted by atomic mass is 10.1. The van der Waals surface area contributed by atoms with Crippen LogP contribution in [0.25, 0.3) is 0 Å². The molecule has 0 spiro atoms. The van der Waals surface area contributed by atoms with Crippen LogP contribution in [0, 0.1) is 5.92 Å². The van der Waals surface area contributed by atoms with E-state index in [1.165, 1.54) is 4.31 Å². The van der Waals surface area contributed by atoms with Crippen molar-refractivity contribution < 1.29 is 17.9 Å². The molecule has 1 N–H and O–H groups in total. The van der Waals surface area contributed by atoms with Gasteiger partial charge < -0.3 is 15.0 Å². The van der Waals surface area contributed by atoms with Gasteiger partial charge in [-0.05, 0) is 24.5 Å². The SMILES string of the molecule is CC(C)CCN(CC(=O)Nc1ccccc1N1CCOCC1)S(C)(=O)=O. The number of anilines is 2. The van der Waals surface area contributed by atoms with Gasteiger partial charge in [0, 0.05) is 19.6 Å². The van der Waals surface area contributed by atoms with E-state index in [1.54, 1.807) is 0 Å². The number of rotatable bonds is 8. The third-order valence-corrected chi connectivity index (χ3v) is 5.52. The molecule has 8 heteroatoms. The first-order valence-electron chi connectivity index (χ1n) is 8.94. The lowest BCUT2D eigenvalue weighted by Gasteiger charge is -2.30. The second-order valence-electron chi connectivity index (χ2n) is 6.94. The van der Waals surface area contributed by atoms with E-state index >= 15 is 0 Å². The van der Waals surface area contributed by atoms with Crippen molar-refractivity contribution in [2.75, 3.05) is 55.9 Å². The maximum absolute atomic E-state index is 12.5. The van der Waals surface area contributed by atoms with Gasteiger partial charge in [0.25, 0.3) is 0 Å². The number of morpholine rings is 1. The van der Waals surface area contributed by atoms with E-state index in [-0.39, 0.29) is 12.5 Å². The highest BCUT2D eigenvalue weighted by atomic mass is 32.2. The molecule has 0 atom stereocenters. The molecule has 0 unspecified atom stereocenters. The van der Waals surface area contributed by atoms with E-state index < -0.39 is 10.0 Å². The zero-order valence-corrected chi connectivity index (χ0v) is 16.6. The predicted octanol–water partition coefficient (Wildman–Crippen LogP) is 1.77. The van der Waals surface area contributed by atoms with Gasteiger partial charge in [0.15, 0.2) is 0 Å². The summed E-state index contributed by atoms with van der Waals surface area (Å²) in [5, 5.41) is 2.87. The molecular weight excluding hydrogens is 354 g/mol. The Balaban J connectivity index is 2.06. The standard InChI is InChI=1S/C18H29N3O4S/c1-15(2)8-9-21(26(3,23)24)14-18(22)19-16-6-4-5-7-17(16)20-10-12-25-13-11-20/h4-7,15H,8-14H2,1-3H3,(H,19,22). The van der Waals surface area contributed by atoms with Crippen LogP contribution >= 0.6 is 0 Å². The maximum Gasteiger partial charge on any atom is 0.239 e. The molecule has 1 heterocycles. The van der Waals surface area contributed by atoms with E-state index in [1.807, 2.05) is 38.1 Å². The van der Waals surface area contributed by atoms with Crippen molar-refractivity contribution in [1.82, 2.24) is 4.31 Å². The number of ether oxygens (including phenoxy) is 1. The average Bonchev–Trinajstić information content (AvgIpc) is 2.58. The zero-order valence-electron chi connectivity index (χ0n) is 15.8. The number of amides is 1. The topological polar surface area (TPSA) is 79.0 Å². The third-order valence-electron chi connectivity index (χ3n) is 4.27. The molecule has 1 aromatic carbocycles. The van der Waals surface area contributed by atoms with Crippen LogP contribution in [0.15, 0.2) is 24.3 Å². The first-order chi connectivity index (χ1) is 12.3. The number of carbonyl (C=O) groups is 1. The van der Waals surface area contributed by atoms with Crippen LogP contribution in [-0.4, -0.2) is 64.3 Å². The summed E-state index contributed by atoms with van der Waals surface area (Å²) in [6, 6.07) is 7.56. The smallest absolute Gasteiger partial charge is 0.239 e. The first-order valence-corrected chi connectivity index (χ1v) is 10.8. The minimum Gasteiger partial charge on any atom is -0.378 e. The monoisotopic (exact) mass is 383 g/mol. The van der Waals surface area contributed by atoms with E-state index in [9.17, 15) is 13.2 Å². The molecule has 0 radical (unpaired) electrons. The molecule has 1 aromatic rings. The van der Waals surface area contributed by atoms with Crippen LogP contribution in [0.3, 0.4) is 0 Å². The van der Waals surface area contributed by atoms with Crippen LogP contribution in [0.2, 0.25) is 0 Å². The van der Waals surface area contributed by atoms with Crippen LogP contribution < -0.4 is 10.2 Å². The summed E-state index contributed by atoms with van der Waals surface area (Å²) in [7, 11) is -3.43. The predicted molar refractivity (Wildman–Crippen MR) is 104 cm³/mol. The fourth-order valence-corrected chi connectivity index (χ4v) is 3.56. The van der Waals surface area contributed by atoms with Crippen molar-refractivity contribution in [2.24, 2.45) is 5.92 Å². The van der Waals surface area contributed by atoms with Gasteiger partial charge in [0.05, 0.1) is 37.4 Å². The van der Waals surface area contributed by atoms with Gasteiger partial charge in [-0.3, -0.25) is 4.79 Å². The van der Waals surface area contributed by atoms with Crippen LogP contribution in [-0.2, 0) is 19.6 Å². The van der Waals surface area contributed by atoms with Crippen molar-refractivity contribution in [3.05, 3.63) is 24.3 Å². The largest absolute Gasteiger partial charge is 0.378 e. The lowest BCUT2D eigenvalue weighted by Crippen LogP contribution is -2.39. The molecule has 0 bridgehead atoms. The second kappa shape index (κ2) is 9.34. The van der Waals surface area contributed by atoms with Crippen molar-refractivity contribution >= 4 is 27.3 Å². The Hall–Kier alpha value is -1.64. The molecule has 1 fully saturated rings. The highest BCUT2D eigenvalue weighted by Crippen LogP contribution is 2.26. The van der Waals surface area contributed by atoms with Crippen LogP contribution in [0.5, 0.6) is 0 Å². The van der Waals surface area contributed by atoms with E-state index in [4.69, 9.17) is 4.74 Å². The van der Waals surface area contributed by atoms with Gasteiger partial charge in [-0.1, -0.05) is 26.0 Å². The Morgan fingerprint density at radius 2 is 1.92 bits per heavy atom. The summed E-state index contributed by atoms with van der Waals surface area (Å²) < 4.78 is 30.6. The molecule has 1 amide bonds. The number of hydrogen-bond acceptors (Lipinski definition) is 5. The Morgan fingerprint density at radius 3 is 2.54 bits per heavy atom. The molecule has 7 nitrogen and oxygen atoms in total. The minimum atomic E-state index is -3.43. The molecule has 1 aliphatic heterocycles. The molecule has 0 saturated carbocycles. The number of sulfonamides is 1. The molecule has 1 saturated heterocycles. The molecule has 146 valence electrons. The first kappa shape index (κ1) is 20.7. The van der Waals surface area contributed by atoms with Crippen LogP contribution in [0.1, 0.15) is 20.3 Å². The van der Waals surface area contributed by atoms with E-state index in [2.05, 4.69) is 10.2 Å². The number of nitrogens with zero attached hydrogens (tertiary/aromatic N) is 2. The number of carbonyl (C=O) groups excluding carboxylic acids is 1. The number of para-hydroxylation sites is 2. The Labute approximate surface area is 156 Å². The minimum absolute atomic E-state index is 0.178. The number of nitrogens with one attached hydrogen (secondary N) is 1. The number of hydrogen-bond donors (Lipinski definition) is 1. The molecule has 0 aliphatic carbocycles. The fourth-order valence-electron chi connectivity index (χ4n) is 2.77. The van der Waals surface area contributed by atoms with E-state index in [0.29, 0.717) is 37.8 Å². The summed E-state index contributed by atoms with van der Waals surface area (Å²) in [5.41, 5.74) is 1.62. The number of benzene rings is 1. The lowest BCUT2D eigenvalue weighted by molar-refractivity contribution is -0.116. The zero-order chi connectivity index (χ0) is 19.2. The van der Waals surface area contributed by atoms with Gasteiger partial charge in [-0.15, -0.1) is 0 Å². The molecule has 0 aromatic heterocycles. The summed E-state index contributed by atoms with van der Waals surface area (Å²) in [4.78, 5) is 14.6. The highest BCUT2D eigenvalue weighted by Gasteiger charge is 2.21. The van der Waals surface area contributed by atoms with Crippen molar-refractivity contribution in [3.63, 3.8) is 0 Å². The quantitative estimate of drug-likeness (QED) is 0.740. The van der Waals surface area contributed by atoms with Gasteiger partial charge in [-0.25, -0.2) is 8.42 Å². The normalized spacial score (nSPS) is 15.5. The third kappa shape index (κ3) is 6.26. The molecule has 26 heavy (non-hydrogen) atoms. The van der Waals surface area contributed by atoms with Gasteiger partial charge in [-0.2, -0.15) is 4.31 Å². The Bertz CT molecular complexity index is 700. The van der Waals surface area contributed by atoms with Gasteiger partial charge >= 0.3 is 0 Å². The molecule has 2 rings (SSSR count). The van der Waals surface area contributed by atoms with Crippen molar-refractivity contribution in [3.8, 4) is 0 Å².